The maximum atomic E-state index is 12.8. The van der Waals surface area contributed by atoms with Gasteiger partial charge in [0.1, 0.15) is 15.9 Å². The van der Waals surface area contributed by atoms with Crippen LogP contribution in [0.25, 0.3) is 11.0 Å². The molecule has 0 amide bonds. The Labute approximate surface area is 153 Å². The number of sulfonamides is 1. The number of nitrogens with zero attached hydrogens (tertiary/aromatic N) is 3. The highest BCUT2D eigenvalue weighted by Gasteiger charge is 2.30. The van der Waals surface area contributed by atoms with Gasteiger partial charge in [-0.05, 0) is 63.7 Å². The molecule has 1 aromatic heterocycles. The Morgan fingerprint density at radius 1 is 1.04 bits per heavy atom. The fourth-order valence-corrected chi connectivity index (χ4v) is 6.19. The van der Waals surface area contributed by atoms with Gasteiger partial charge in [0, 0.05) is 12.1 Å². The average molecular weight is 381 g/mol. The van der Waals surface area contributed by atoms with Crippen LogP contribution in [0.3, 0.4) is 0 Å². The molecular formula is C17H24N4O2S2. The van der Waals surface area contributed by atoms with E-state index in [-0.39, 0.29) is 10.9 Å². The first kappa shape index (κ1) is 17.3. The van der Waals surface area contributed by atoms with Crippen molar-refractivity contribution in [1.29, 1.82) is 0 Å². The van der Waals surface area contributed by atoms with Crippen molar-refractivity contribution in [2.45, 2.75) is 61.9 Å². The minimum absolute atomic E-state index is 0.0212. The molecule has 25 heavy (non-hydrogen) atoms. The van der Waals surface area contributed by atoms with E-state index in [1.165, 1.54) is 32.4 Å². The molecule has 0 radical (unpaired) electrons. The van der Waals surface area contributed by atoms with E-state index in [4.69, 9.17) is 0 Å². The van der Waals surface area contributed by atoms with Gasteiger partial charge in [-0.1, -0.05) is 12.5 Å². The molecule has 136 valence electrons. The van der Waals surface area contributed by atoms with E-state index in [0.717, 1.165) is 37.4 Å². The highest BCUT2D eigenvalue weighted by molar-refractivity contribution is 7.89. The first-order chi connectivity index (χ1) is 12.1. The summed E-state index contributed by atoms with van der Waals surface area (Å²) in [5, 5.41) is 0. The largest absolute Gasteiger partial charge is 0.300 e. The summed E-state index contributed by atoms with van der Waals surface area (Å²) in [6.07, 6.45) is 7.93. The van der Waals surface area contributed by atoms with E-state index in [2.05, 4.69) is 18.4 Å². The third-order valence-electron chi connectivity index (χ3n) is 5.46. The van der Waals surface area contributed by atoms with Gasteiger partial charge in [-0.15, -0.1) is 0 Å². The predicted molar refractivity (Wildman–Crippen MR) is 99.2 cm³/mol. The zero-order valence-electron chi connectivity index (χ0n) is 14.2. The van der Waals surface area contributed by atoms with Crippen LogP contribution in [-0.4, -0.2) is 47.2 Å². The van der Waals surface area contributed by atoms with Crippen LogP contribution >= 0.6 is 11.7 Å². The normalized spacial score (nSPS) is 26.1. The third-order valence-corrected chi connectivity index (χ3v) is 7.56. The molecule has 1 N–H and O–H groups in total. The summed E-state index contributed by atoms with van der Waals surface area (Å²) >= 11 is 1.05. The van der Waals surface area contributed by atoms with Crippen LogP contribution in [0, 0.1) is 0 Å². The minimum atomic E-state index is -3.56. The number of fused-ring (bicyclic) bond motifs is 1. The van der Waals surface area contributed by atoms with Gasteiger partial charge in [-0.2, -0.15) is 8.75 Å². The van der Waals surface area contributed by atoms with E-state index in [1.54, 1.807) is 18.2 Å². The van der Waals surface area contributed by atoms with E-state index >= 15 is 0 Å². The first-order valence-electron chi connectivity index (χ1n) is 9.11. The lowest BCUT2D eigenvalue weighted by Crippen LogP contribution is -2.45. The molecule has 1 aliphatic carbocycles. The molecule has 2 heterocycles. The van der Waals surface area contributed by atoms with Crippen molar-refractivity contribution < 1.29 is 8.42 Å². The van der Waals surface area contributed by atoms with E-state index in [1.807, 2.05) is 0 Å². The van der Waals surface area contributed by atoms with Crippen LogP contribution < -0.4 is 4.72 Å². The van der Waals surface area contributed by atoms with Gasteiger partial charge in [0.2, 0.25) is 10.0 Å². The average Bonchev–Trinajstić information content (AvgIpc) is 3.11. The molecule has 4 rings (SSSR count). The molecule has 2 fully saturated rings. The Hall–Kier alpha value is -1.09. The smallest absolute Gasteiger partial charge is 0.243 e. The van der Waals surface area contributed by atoms with Crippen molar-refractivity contribution in [2.24, 2.45) is 0 Å². The Bertz CT molecular complexity index is 822. The molecule has 1 aromatic carbocycles. The number of nitrogens with one attached hydrogen (secondary N) is 1. The van der Waals surface area contributed by atoms with Gasteiger partial charge in [0.05, 0.1) is 11.7 Å². The van der Waals surface area contributed by atoms with Crippen LogP contribution in [-0.2, 0) is 10.0 Å². The molecule has 0 unspecified atom stereocenters. The van der Waals surface area contributed by atoms with Crippen molar-refractivity contribution >= 4 is 32.8 Å². The summed E-state index contributed by atoms with van der Waals surface area (Å²) in [4.78, 5) is 2.85. The van der Waals surface area contributed by atoms with E-state index < -0.39 is 10.0 Å². The number of hydrogen-bond acceptors (Lipinski definition) is 6. The number of piperidine rings is 1. The molecule has 8 heteroatoms. The van der Waals surface area contributed by atoms with Crippen molar-refractivity contribution in [3.8, 4) is 0 Å². The molecule has 2 aromatic rings. The first-order valence-corrected chi connectivity index (χ1v) is 11.3. The van der Waals surface area contributed by atoms with Crippen molar-refractivity contribution in [3.63, 3.8) is 0 Å². The molecule has 1 saturated heterocycles. The maximum Gasteiger partial charge on any atom is 0.243 e. The quantitative estimate of drug-likeness (QED) is 0.883. The van der Waals surface area contributed by atoms with E-state index in [9.17, 15) is 8.42 Å². The summed E-state index contributed by atoms with van der Waals surface area (Å²) < 4.78 is 36.8. The highest BCUT2D eigenvalue weighted by Crippen LogP contribution is 2.27. The molecule has 0 bridgehead atoms. The zero-order valence-corrected chi connectivity index (χ0v) is 15.9. The number of aromatic nitrogens is 2. The summed E-state index contributed by atoms with van der Waals surface area (Å²) in [5.74, 6) is 0. The maximum absolute atomic E-state index is 12.8. The molecule has 1 saturated carbocycles. The SMILES string of the molecule is O=S(=O)(NC1CCC(N2CCCCC2)CC1)c1cccc2nsnc12. The number of benzene rings is 1. The van der Waals surface area contributed by atoms with Gasteiger partial charge < -0.3 is 4.90 Å². The second-order valence-electron chi connectivity index (χ2n) is 7.11. The van der Waals surface area contributed by atoms with E-state index in [0.29, 0.717) is 17.1 Å². The number of rotatable bonds is 4. The van der Waals surface area contributed by atoms with Crippen molar-refractivity contribution in [2.75, 3.05) is 13.1 Å². The zero-order chi connectivity index (χ0) is 17.3. The number of likely N-dealkylation sites (tertiary alicyclic amines) is 1. The van der Waals surface area contributed by atoms with Gasteiger partial charge in [0.15, 0.2) is 0 Å². The highest BCUT2D eigenvalue weighted by atomic mass is 32.2. The van der Waals surface area contributed by atoms with Crippen molar-refractivity contribution in [3.05, 3.63) is 18.2 Å². The lowest BCUT2D eigenvalue weighted by Gasteiger charge is -2.38. The van der Waals surface area contributed by atoms with Gasteiger partial charge in [0.25, 0.3) is 0 Å². The predicted octanol–water partition coefficient (Wildman–Crippen LogP) is 2.77. The summed E-state index contributed by atoms with van der Waals surface area (Å²) in [5.41, 5.74) is 1.11. The van der Waals surface area contributed by atoms with Crippen LogP contribution in [0.1, 0.15) is 44.9 Å². The number of hydrogen-bond donors (Lipinski definition) is 1. The Morgan fingerprint density at radius 2 is 1.80 bits per heavy atom. The summed E-state index contributed by atoms with van der Waals surface area (Å²) in [7, 11) is -3.56. The summed E-state index contributed by atoms with van der Waals surface area (Å²) in [6, 6.07) is 5.79. The lowest BCUT2D eigenvalue weighted by atomic mass is 9.90. The fourth-order valence-electron chi connectivity index (χ4n) is 4.12. The third kappa shape index (κ3) is 3.72. The second kappa shape index (κ2) is 7.26. The lowest BCUT2D eigenvalue weighted by molar-refractivity contribution is 0.124. The Kier molecular flexibility index (Phi) is 5.04. The minimum Gasteiger partial charge on any atom is -0.300 e. The van der Waals surface area contributed by atoms with Crippen LogP contribution in [0.15, 0.2) is 23.1 Å². The van der Waals surface area contributed by atoms with Crippen LogP contribution in [0.2, 0.25) is 0 Å². The van der Waals surface area contributed by atoms with Gasteiger partial charge >= 0.3 is 0 Å². The standard InChI is InChI=1S/C17H24N4O2S2/c22-25(23,16-6-4-5-15-17(16)19-24-18-15)20-13-7-9-14(10-8-13)21-11-2-1-3-12-21/h4-6,13-14,20H,1-3,7-12H2. The fraction of sp³-hybridized carbons (Fsp3) is 0.647. The van der Waals surface area contributed by atoms with Crippen LogP contribution in [0.5, 0.6) is 0 Å². The molecule has 2 aliphatic rings. The molecule has 6 nitrogen and oxygen atoms in total. The topological polar surface area (TPSA) is 75.2 Å². The Balaban J connectivity index is 1.41. The molecule has 0 spiro atoms. The molecule has 1 aliphatic heterocycles. The van der Waals surface area contributed by atoms with Gasteiger partial charge in [-0.3, -0.25) is 0 Å². The summed E-state index contributed by atoms with van der Waals surface area (Å²) in [6.45, 7) is 2.42. The van der Waals surface area contributed by atoms with Crippen LogP contribution in [0.4, 0.5) is 0 Å². The Morgan fingerprint density at radius 3 is 2.56 bits per heavy atom. The molecular weight excluding hydrogens is 356 g/mol. The molecule has 0 atom stereocenters. The monoisotopic (exact) mass is 380 g/mol. The van der Waals surface area contributed by atoms with Gasteiger partial charge in [-0.25, -0.2) is 13.1 Å². The second-order valence-corrected chi connectivity index (χ2v) is 9.32. The van der Waals surface area contributed by atoms with Crippen molar-refractivity contribution in [1.82, 2.24) is 18.4 Å².